The highest BCUT2D eigenvalue weighted by Gasteiger charge is 2.30. The highest BCUT2D eigenvalue weighted by Crippen LogP contribution is 2.30. The van der Waals surface area contributed by atoms with Crippen LogP contribution in [0.5, 0.6) is 0 Å². The number of benzene rings is 1. The van der Waals surface area contributed by atoms with Crippen LogP contribution in [0.25, 0.3) is 5.69 Å². The summed E-state index contributed by atoms with van der Waals surface area (Å²) < 4.78 is 39.9. The Balaban J connectivity index is 2.10. The molecule has 130 valence electrons. The van der Waals surface area contributed by atoms with E-state index in [2.05, 4.69) is 16.8 Å². The van der Waals surface area contributed by atoms with Crippen molar-refractivity contribution in [1.82, 2.24) is 9.55 Å². The van der Waals surface area contributed by atoms with Crippen molar-refractivity contribution in [2.45, 2.75) is 13.1 Å². The zero-order chi connectivity index (χ0) is 18.7. The zero-order valence-corrected chi connectivity index (χ0v) is 13.7. The summed E-state index contributed by atoms with van der Waals surface area (Å²) >= 11 is 0. The molecule has 0 bridgehead atoms. The molecule has 0 fully saturated rings. The monoisotopic (exact) mass is 354 g/mol. The molecule has 0 unspecified atom stereocenters. The summed E-state index contributed by atoms with van der Waals surface area (Å²) in [5.41, 5.74) is 0.365. The van der Waals surface area contributed by atoms with Gasteiger partial charge in [-0.25, -0.2) is 0 Å². The predicted molar refractivity (Wildman–Crippen MR) is 92.0 cm³/mol. The number of hydrogen-bond donors (Lipinski definition) is 0. The Morgan fingerprint density at radius 3 is 2.58 bits per heavy atom. The van der Waals surface area contributed by atoms with Gasteiger partial charge in [0.25, 0.3) is 5.56 Å². The lowest BCUT2D eigenvalue weighted by molar-refractivity contribution is -0.137. The van der Waals surface area contributed by atoms with Gasteiger partial charge in [-0.2, -0.15) is 13.2 Å². The van der Waals surface area contributed by atoms with E-state index in [-0.39, 0.29) is 11.3 Å². The van der Waals surface area contributed by atoms with E-state index in [0.717, 1.165) is 16.7 Å². The van der Waals surface area contributed by atoms with E-state index in [1.807, 2.05) is 0 Å². The Kier molecular flexibility index (Phi) is 4.63. The lowest BCUT2D eigenvalue weighted by Crippen LogP contribution is -2.22. The highest BCUT2D eigenvalue weighted by molar-refractivity contribution is 5.46. The van der Waals surface area contributed by atoms with Gasteiger partial charge in [-0.1, -0.05) is 17.9 Å². The second-order valence-corrected chi connectivity index (χ2v) is 5.59. The van der Waals surface area contributed by atoms with Gasteiger partial charge in [-0.15, -0.1) is 0 Å². The smallest absolute Gasteiger partial charge is 0.283 e. The van der Waals surface area contributed by atoms with E-state index in [9.17, 15) is 18.0 Å². The van der Waals surface area contributed by atoms with E-state index in [4.69, 9.17) is 0 Å². The second kappa shape index (κ2) is 6.89. The molecule has 26 heavy (non-hydrogen) atoms. The number of aromatic nitrogens is 2. The van der Waals surface area contributed by atoms with Gasteiger partial charge in [0.1, 0.15) is 0 Å². The molecule has 0 spiro atoms. The summed E-state index contributed by atoms with van der Waals surface area (Å²) in [6.45, 7) is 1.73. The first kappa shape index (κ1) is 17.5. The van der Waals surface area contributed by atoms with Crippen molar-refractivity contribution >= 4 is 0 Å². The predicted octanol–water partition coefficient (Wildman–Crippen LogP) is 3.96. The molecule has 3 rings (SSSR count). The maximum Gasteiger partial charge on any atom is 0.416 e. The molecule has 0 radical (unpaired) electrons. The molecule has 6 heteroatoms. The quantitative estimate of drug-likeness (QED) is 0.620. The number of alkyl halides is 3. The van der Waals surface area contributed by atoms with Gasteiger partial charge < -0.3 is 0 Å². The molecule has 2 heterocycles. The van der Waals surface area contributed by atoms with Crippen LogP contribution in [0, 0.1) is 18.8 Å². The number of rotatable bonds is 1. The molecule has 0 aliphatic rings. The third-order valence-corrected chi connectivity index (χ3v) is 3.75. The van der Waals surface area contributed by atoms with Crippen molar-refractivity contribution in [3.05, 3.63) is 93.7 Å². The minimum absolute atomic E-state index is 0.134. The van der Waals surface area contributed by atoms with Gasteiger partial charge in [0.05, 0.1) is 11.1 Å². The van der Waals surface area contributed by atoms with Gasteiger partial charge in [0, 0.05) is 29.8 Å². The molecule has 0 aliphatic heterocycles. The number of aryl methyl sites for hydroxylation is 1. The summed E-state index contributed by atoms with van der Waals surface area (Å²) in [4.78, 5) is 16.7. The summed E-state index contributed by atoms with van der Waals surface area (Å²) in [6, 6.07) is 9.75. The minimum atomic E-state index is -4.48. The van der Waals surface area contributed by atoms with Crippen LogP contribution in [0.15, 0.2) is 65.8 Å². The normalized spacial score (nSPS) is 10.9. The van der Waals surface area contributed by atoms with E-state index >= 15 is 0 Å². The zero-order valence-electron chi connectivity index (χ0n) is 13.7. The highest BCUT2D eigenvalue weighted by atomic mass is 19.4. The van der Waals surface area contributed by atoms with Crippen LogP contribution in [-0.2, 0) is 6.18 Å². The van der Waals surface area contributed by atoms with Crippen molar-refractivity contribution in [3.63, 3.8) is 0 Å². The van der Waals surface area contributed by atoms with Gasteiger partial charge in [-0.3, -0.25) is 14.3 Å². The molecule has 2 aromatic heterocycles. The maximum atomic E-state index is 12.9. The van der Waals surface area contributed by atoms with Gasteiger partial charge in [-0.05, 0) is 48.9 Å². The lowest BCUT2D eigenvalue weighted by Gasteiger charge is -2.11. The van der Waals surface area contributed by atoms with Crippen molar-refractivity contribution in [2.75, 3.05) is 0 Å². The van der Waals surface area contributed by atoms with E-state index in [1.54, 1.807) is 37.5 Å². The average molecular weight is 354 g/mol. The molecule has 0 amide bonds. The average Bonchev–Trinajstić information content (AvgIpc) is 2.62. The fourth-order valence-electron chi connectivity index (χ4n) is 2.39. The van der Waals surface area contributed by atoms with Crippen LogP contribution in [0.3, 0.4) is 0 Å². The first-order chi connectivity index (χ1) is 12.4. The fraction of sp³-hybridized carbons (Fsp3) is 0.100. The second-order valence-electron chi connectivity index (χ2n) is 5.59. The molecular formula is C20H13F3N2O. The number of nitrogens with zero attached hydrogens (tertiary/aromatic N) is 2. The maximum absolute atomic E-state index is 12.9. The van der Waals surface area contributed by atoms with E-state index < -0.39 is 17.3 Å². The third kappa shape index (κ3) is 3.67. The molecule has 0 N–H and O–H groups in total. The summed E-state index contributed by atoms with van der Waals surface area (Å²) in [6.07, 6.45) is 0.145. The van der Waals surface area contributed by atoms with Gasteiger partial charge in [0.15, 0.2) is 0 Å². The van der Waals surface area contributed by atoms with E-state index in [0.29, 0.717) is 11.1 Å². The number of pyridine rings is 2. The summed E-state index contributed by atoms with van der Waals surface area (Å²) in [5, 5.41) is 0. The molecule has 0 saturated carbocycles. The standard InChI is InChI=1S/C20H13F3N2O/c1-14-9-11-25(17-6-2-5-16(12-17)20(21,22)23)19(26)18(14)8-7-15-4-3-10-24-13-15/h2-6,9-13H,1H3. The first-order valence-electron chi connectivity index (χ1n) is 7.68. The number of halogens is 3. The Labute approximate surface area is 147 Å². The summed E-state index contributed by atoms with van der Waals surface area (Å²) in [5.74, 6) is 5.66. The van der Waals surface area contributed by atoms with Crippen LogP contribution in [0.1, 0.15) is 22.3 Å². The molecule has 0 saturated heterocycles. The Morgan fingerprint density at radius 2 is 1.88 bits per heavy atom. The Bertz CT molecular complexity index is 1060. The topological polar surface area (TPSA) is 34.9 Å². The minimum Gasteiger partial charge on any atom is -0.283 e. The fourth-order valence-corrected chi connectivity index (χ4v) is 2.39. The molecule has 1 aromatic carbocycles. The SMILES string of the molecule is Cc1ccn(-c2cccc(C(F)(F)F)c2)c(=O)c1C#Cc1cccnc1. The van der Waals surface area contributed by atoms with Crippen molar-refractivity contribution in [2.24, 2.45) is 0 Å². The number of hydrogen-bond acceptors (Lipinski definition) is 2. The van der Waals surface area contributed by atoms with Crippen molar-refractivity contribution in [1.29, 1.82) is 0 Å². The van der Waals surface area contributed by atoms with Gasteiger partial charge in [0.2, 0.25) is 0 Å². The van der Waals surface area contributed by atoms with Crippen LogP contribution < -0.4 is 5.56 Å². The Morgan fingerprint density at radius 1 is 1.08 bits per heavy atom. The van der Waals surface area contributed by atoms with Crippen LogP contribution >= 0.6 is 0 Å². The third-order valence-electron chi connectivity index (χ3n) is 3.75. The Hall–Kier alpha value is -3.33. The molecule has 3 nitrogen and oxygen atoms in total. The molecule has 0 atom stereocenters. The molecular weight excluding hydrogens is 341 g/mol. The van der Waals surface area contributed by atoms with Crippen LogP contribution in [-0.4, -0.2) is 9.55 Å². The largest absolute Gasteiger partial charge is 0.416 e. The van der Waals surface area contributed by atoms with Crippen molar-refractivity contribution in [3.8, 4) is 17.5 Å². The summed E-state index contributed by atoms with van der Waals surface area (Å²) in [7, 11) is 0. The van der Waals surface area contributed by atoms with Crippen LogP contribution in [0.2, 0.25) is 0 Å². The molecule has 0 aliphatic carbocycles. The molecule has 3 aromatic rings. The first-order valence-corrected chi connectivity index (χ1v) is 7.68. The van der Waals surface area contributed by atoms with E-state index in [1.165, 1.54) is 18.3 Å². The van der Waals surface area contributed by atoms with Crippen LogP contribution in [0.4, 0.5) is 13.2 Å². The van der Waals surface area contributed by atoms with Gasteiger partial charge >= 0.3 is 6.18 Å². The lowest BCUT2D eigenvalue weighted by atomic mass is 10.1. The van der Waals surface area contributed by atoms with Crippen molar-refractivity contribution < 1.29 is 13.2 Å².